The third kappa shape index (κ3) is 3.38. The maximum Gasteiger partial charge on any atom is 0.336 e. The van der Waals surface area contributed by atoms with Crippen LogP contribution in [0.15, 0.2) is 18.5 Å². The quantitative estimate of drug-likeness (QED) is 0.754. The molecule has 0 aliphatic rings. The SMILES string of the molecule is O=C(O)c1cc(F)c(F)cc1C(=O)NCCc1ncn[nH]1. The third-order valence-corrected chi connectivity index (χ3v) is 2.65. The molecule has 0 spiro atoms. The lowest BCUT2D eigenvalue weighted by Gasteiger charge is -2.08. The van der Waals surface area contributed by atoms with Gasteiger partial charge in [0.1, 0.15) is 12.2 Å². The monoisotopic (exact) mass is 296 g/mol. The highest BCUT2D eigenvalue weighted by Gasteiger charge is 2.20. The minimum atomic E-state index is -1.52. The molecule has 0 saturated heterocycles. The van der Waals surface area contributed by atoms with Crippen LogP contribution < -0.4 is 5.32 Å². The van der Waals surface area contributed by atoms with Gasteiger partial charge in [-0.15, -0.1) is 0 Å². The van der Waals surface area contributed by atoms with E-state index >= 15 is 0 Å². The number of carbonyl (C=O) groups excluding carboxylic acids is 1. The molecule has 0 bridgehead atoms. The fourth-order valence-corrected chi connectivity index (χ4v) is 1.65. The largest absolute Gasteiger partial charge is 0.478 e. The summed E-state index contributed by atoms with van der Waals surface area (Å²) in [5.74, 6) is -4.43. The van der Waals surface area contributed by atoms with E-state index in [2.05, 4.69) is 20.5 Å². The van der Waals surface area contributed by atoms with Gasteiger partial charge in [0.15, 0.2) is 11.6 Å². The van der Waals surface area contributed by atoms with Crippen LogP contribution in [0.2, 0.25) is 0 Å². The van der Waals surface area contributed by atoms with Crippen LogP contribution in [0.1, 0.15) is 26.5 Å². The van der Waals surface area contributed by atoms with Gasteiger partial charge in [-0.25, -0.2) is 18.6 Å². The lowest BCUT2D eigenvalue weighted by Crippen LogP contribution is -2.28. The first-order chi connectivity index (χ1) is 9.99. The number of nitrogens with one attached hydrogen (secondary N) is 2. The van der Waals surface area contributed by atoms with Gasteiger partial charge in [-0.2, -0.15) is 5.10 Å². The molecule has 1 amide bonds. The Morgan fingerprint density at radius 2 is 1.90 bits per heavy atom. The molecule has 0 aliphatic heterocycles. The molecule has 9 heteroatoms. The van der Waals surface area contributed by atoms with Crippen molar-refractivity contribution >= 4 is 11.9 Å². The van der Waals surface area contributed by atoms with E-state index in [9.17, 15) is 18.4 Å². The predicted molar refractivity (Wildman–Crippen MR) is 65.7 cm³/mol. The van der Waals surface area contributed by atoms with Crippen molar-refractivity contribution < 1.29 is 23.5 Å². The molecule has 1 aromatic heterocycles. The first-order valence-corrected chi connectivity index (χ1v) is 5.84. The van der Waals surface area contributed by atoms with E-state index in [1.54, 1.807) is 0 Å². The summed E-state index contributed by atoms with van der Waals surface area (Å²) in [6, 6.07) is 1.03. The van der Waals surface area contributed by atoms with Crippen molar-refractivity contribution in [2.45, 2.75) is 6.42 Å². The maximum atomic E-state index is 13.2. The Bertz CT molecular complexity index is 673. The number of aromatic nitrogens is 3. The summed E-state index contributed by atoms with van der Waals surface area (Å²) >= 11 is 0. The number of aromatic amines is 1. The van der Waals surface area contributed by atoms with Gasteiger partial charge in [-0.3, -0.25) is 9.89 Å². The molecular weight excluding hydrogens is 286 g/mol. The Hall–Kier alpha value is -2.84. The minimum absolute atomic E-state index is 0.131. The summed E-state index contributed by atoms with van der Waals surface area (Å²) in [6.45, 7) is 0.131. The number of halogens is 2. The molecule has 2 aromatic rings. The standard InChI is InChI=1S/C12H10F2N4O3/c13-8-3-6(7(12(20)21)4-9(8)14)11(19)15-2-1-10-16-5-17-18-10/h3-5H,1-2H2,(H,15,19)(H,20,21)(H,16,17,18). The summed E-state index contributed by atoms with van der Waals surface area (Å²) in [5.41, 5.74) is -1.05. The van der Waals surface area contributed by atoms with E-state index in [0.717, 1.165) is 0 Å². The normalized spacial score (nSPS) is 10.4. The molecule has 0 fully saturated rings. The fourth-order valence-electron chi connectivity index (χ4n) is 1.65. The van der Waals surface area contributed by atoms with Crippen LogP contribution in [0.4, 0.5) is 8.78 Å². The zero-order valence-corrected chi connectivity index (χ0v) is 10.6. The van der Waals surface area contributed by atoms with Crippen LogP contribution in [0.25, 0.3) is 0 Å². The van der Waals surface area contributed by atoms with E-state index in [1.165, 1.54) is 6.33 Å². The number of H-pyrrole nitrogens is 1. The molecule has 3 N–H and O–H groups in total. The van der Waals surface area contributed by atoms with Gasteiger partial charge < -0.3 is 10.4 Å². The molecule has 21 heavy (non-hydrogen) atoms. The van der Waals surface area contributed by atoms with Gasteiger partial charge in [0.25, 0.3) is 5.91 Å². The Morgan fingerprint density at radius 3 is 2.48 bits per heavy atom. The lowest BCUT2D eigenvalue weighted by atomic mass is 10.1. The number of benzene rings is 1. The van der Waals surface area contributed by atoms with Gasteiger partial charge >= 0.3 is 5.97 Å². The number of nitrogens with zero attached hydrogens (tertiary/aromatic N) is 2. The van der Waals surface area contributed by atoms with E-state index in [0.29, 0.717) is 24.4 Å². The first-order valence-electron chi connectivity index (χ1n) is 5.84. The number of hydrogen-bond acceptors (Lipinski definition) is 4. The van der Waals surface area contributed by atoms with Crippen LogP contribution in [0.5, 0.6) is 0 Å². The van der Waals surface area contributed by atoms with Gasteiger partial charge in [-0.05, 0) is 12.1 Å². The van der Waals surface area contributed by atoms with Crippen LogP contribution in [0, 0.1) is 11.6 Å². The minimum Gasteiger partial charge on any atom is -0.478 e. The van der Waals surface area contributed by atoms with E-state index in [1.807, 2.05) is 0 Å². The summed E-state index contributed by atoms with van der Waals surface area (Å²) in [5, 5.41) is 17.5. The van der Waals surface area contributed by atoms with Crippen molar-refractivity contribution in [2.75, 3.05) is 6.54 Å². The topological polar surface area (TPSA) is 108 Å². The highest BCUT2D eigenvalue weighted by molar-refractivity contribution is 6.04. The highest BCUT2D eigenvalue weighted by atomic mass is 19.2. The molecule has 2 rings (SSSR count). The number of aromatic carboxylic acids is 1. The van der Waals surface area contributed by atoms with E-state index in [4.69, 9.17) is 5.11 Å². The number of rotatable bonds is 5. The predicted octanol–water partition coefficient (Wildman–Crippen LogP) is 0.754. The van der Waals surface area contributed by atoms with Gasteiger partial charge in [0.05, 0.1) is 11.1 Å². The molecule has 7 nitrogen and oxygen atoms in total. The Kier molecular flexibility index (Phi) is 4.21. The van der Waals surface area contributed by atoms with Gasteiger partial charge in [0.2, 0.25) is 0 Å². The molecular formula is C12H10F2N4O3. The zero-order chi connectivity index (χ0) is 15.4. The van der Waals surface area contributed by atoms with Crippen molar-refractivity contribution in [1.82, 2.24) is 20.5 Å². The Morgan fingerprint density at radius 1 is 1.24 bits per heavy atom. The molecule has 0 aliphatic carbocycles. The summed E-state index contributed by atoms with van der Waals surface area (Å²) in [7, 11) is 0. The van der Waals surface area contributed by atoms with Crippen molar-refractivity contribution in [3.05, 3.63) is 47.0 Å². The molecule has 0 radical (unpaired) electrons. The maximum absolute atomic E-state index is 13.2. The van der Waals surface area contributed by atoms with Crippen LogP contribution in [-0.4, -0.2) is 38.7 Å². The molecule has 0 atom stereocenters. The zero-order valence-electron chi connectivity index (χ0n) is 10.6. The second-order valence-corrected chi connectivity index (χ2v) is 4.06. The average Bonchev–Trinajstić information content (AvgIpc) is 2.94. The molecule has 0 saturated carbocycles. The van der Waals surface area contributed by atoms with E-state index < -0.39 is 34.6 Å². The molecule has 0 unspecified atom stereocenters. The Balaban J connectivity index is 2.11. The number of carbonyl (C=O) groups is 2. The summed E-state index contributed by atoms with van der Waals surface area (Å²) < 4.78 is 26.2. The van der Waals surface area contributed by atoms with Crippen molar-refractivity contribution in [1.29, 1.82) is 0 Å². The van der Waals surface area contributed by atoms with Crippen LogP contribution in [-0.2, 0) is 6.42 Å². The Labute approximate surface area is 117 Å². The third-order valence-electron chi connectivity index (χ3n) is 2.65. The van der Waals surface area contributed by atoms with Gasteiger partial charge in [0, 0.05) is 13.0 Å². The smallest absolute Gasteiger partial charge is 0.336 e. The highest BCUT2D eigenvalue weighted by Crippen LogP contribution is 2.15. The van der Waals surface area contributed by atoms with Crippen molar-refractivity contribution in [2.24, 2.45) is 0 Å². The molecule has 1 heterocycles. The lowest BCUT2D eigenvalue weighted by molar-refractivity contribution is 0.0690. The first kappa shape index (κ1) is 14.6. The average molecular weight is 296 g/mol. The summed E-state index contributed by atoms with van der Waals surface area (Å²) in [4.78, 5) is 26.6. The second-order valence-electron chi connectivity index (χ2n) is 4.06. The number of amides is 1. The van der Waals surface area contributed by atoms with Crippen molar-refractivity contribution in [3.8, 4) is 0 Å². The van der Waals surface area contributed by atoms with Crippen molar-refractivity contribution in [3.63, 3.8) is 0 Å². The van der Waals surface area contributed by atoms with E-state index in [-0.39, 0.29) is 6.54 Å². The number of carboxylic acid groups (broad SMARTS) is 1. The molecule has 110 valence electrons. The van der Waals surface area contributed by atoms with Gasteiger partial charge in [-0.1, -0.05) is 0 Å². The number of hydrogen-bond donors (Lipinski definition) is 3. The second kappa shape index (κ2) is 6.07. The fraction of sp³-hybridized carbons (Fsp3) is 0.167. The molecule has 1 aromatic carbocycles. The van der Waals surface area contributed by atoms with Crippen LogP contribution >= 0.6 is 0 Å². The van der Waals surface area contributed by atoms with Crippen LogP contribution in [0.3, 0.4) is 0 Å². The summed E-state index contributed by atoms with van der Waals surface area (Å²) in [6.07, 6.45) is 1.63. The number of carboxylic acids is 1.